The van der Waals surface area contributed by atoms with Crippen LogP contribution in [-0.4, -0.2) is 51.2 Å². The third-order valence-electron chi connectivity index (χ3n) is 4.57. The van der Waals surface area contributed by atoms with Crippen LogP contribution < -0.4 is 10.6 Å². The van der Waals surface area contributed by atoms with E-state index in [1.807, 2.05) is 0 Å². The van der Waals surface area contributed by atoms with Crippen LogP contribution in [0, 0.1) is 11.3 Å². The highest BCUT2D eigenvalue weighted by molar-refractivity contribution is 5.85. The van der Waals surface area contributed by atoms with Crippen LogP contribution in [-0.2, 0) is 0 Å². The molecule has 0 aliphatic carbocycles. The molecule has 0 amide bonds. The van der Waals surface area contributed by atoms with Gasteiger partial charge in [0.1, 0.15) is 0 Å². The van der Waals surface area contributed by atoms with Crippen molar-refractivity contribution >= 4 is 24.8 Å². The zero-order valence-corrected chi connectivity index (χ0v) is 14.0. The van der Waals surface area contributed by atoms with E-state index in [-0.39, 0.29) is 24.8 Å². The molecular weight excluding hydrogens is 281 g/mol. The molecule has 19 heavy (non-hydrogen) atoms. The monoisotopic (exact) mass is 311 g/mol. The number of nitrogens with one attached hydrogen (secondary N) is 2. The van der Waals surface area contributed by atoms with Gasteiger partial charge in [0, 0.05) is 13.1 Å². The Kier molecular flexibility index (Phi) is 9.63. The Morgan fingerprint density at radius 2 is 1.95 bits per heavy atom. The molecule has 0 spiro atoms. The van der Waals surface area contributed by atoms with E-state index in [0.717, 1.165) is 5.92 Å². The summed E-state index contributed by atoms with van der Waals surface area (Å²) in [6.07, 6.45) is 5.53. The van der Waals surface area contributed by atoms with Crippen LogP contribution >= 0.6 is 24.8 Å². The van der Waals surface area contributed by atoms with Crippen molar-refractivity contribution in [3.8, 4) is 0 Å². The van der Waals surface area contributed by atoms with Crippen molar-refractivity contribution in [3.05, 3.63) is 0 Å². The average molecular weight is 312 g/mol. The molecule has 5 heteroatoms. The lowest BCUT2D eigenvalue weighted by atomic mass is 9.87. The highest BCUT2D eigenvalue weighted by Gasteiger charge is 2.31. The second-order valence-corrected chi connectivity index (χ2v) is 6.35. The first-order chi connectivity index (χ1) is 8.22. The maximum Gasteiger partial charge on any atom is 0.00480 e. The van der Waals surface area contributed by atoms with Gasteiger partial charge in [0.25, 0.3) is 0 Å². The maximum absolute atomic E-state index is 3.50. The van der Waals surface area contributed by atoms with Crippen LogP contribution in [0.3, 0.4) is 0 Å². The molecule has 2 aliphatic heterocycles. The molecule has 2 saturated heterocycles. The molecule has 2 rings (SSSR count). The van der Waals surface area contributed by atoms with Crippen LogP contribution in [0.15, 0.2) is 0 Å². The van der Waals surface area contributed by atoms with E-state index >= 15 is 0 Å². The summed E-state index contributed by atoms with van der Waals surface area (Å²) in [5, 5.41) is 6.77. The van der Waals surface area contributed by atoms with Gasteiger partial charge in [-0.05, 0) is 70.2 Å². The van der Waals surface area contributed by atoms with Crippen molar-refractivity contribution in [2.24, 2.45) is 11.3 Å². The fourth-order valence-corrected chi connectivity index (χ4v) is 3.33. The lowest BCUT2D eigenvalue weighted by Crippen LogP contribution is -2.42. The predicted octanol–water partition coefficient (Wildman–Crippen LogP) is 2.15. The number of nitrogens with zero attached hydrogens (tertiary/aromatic N) is 1. The van der Waals surface area contributed by atoms with Crippen LogP contribution in [0.25, 0.3) is 0 Å². The average Bonchev–Trinajstić information content (AvgIpc) is 2.75. The minimum atomic E-state index is 0. The summed E-state index contributed by atoms with van der Waals surface area (Å²) in [4.78, 5) is 2.70. The van der Waals surface area contributed by atoms with Gasteiger partial charge in [0.2, 0.25) is 0 Å². The number of hydrogen-bond acceptors (Lipinski definition) is 3. The fraction of sp³-hybridized carbons (Fsp3) is 1.00. The molecule has 0 radical (unpaired) electrons. The predicted molar refractivity (Wildman–Crippen MR) is 87.8 cm³/mol. The van der Waals surface area contributed by atoms with Crippen LogP contribution in [0.5, 0.6) is 0 Å². The van der Waals surface area contributed by atoms with Crippen LogP contribution in [0.1, 0.15) is 32.6 Å². The van der Waals surface area contributed by atoms with Crippen LogP contribution in [0.2, 0.25) is 0 Å². The number of hydrogen-bond donors (Lipinski definition) is 2. The molecule has 0 aromatic rings. The van der Waals surface area contributed by atoms with E-state index in [0.29, 0.717) is 5.41 Å². The molecule has 2 aliphatic rings. The highest BCUT2D eigenvalue weighted by atomic mass is 35.5. The van der Waals surface area contributed by atoms with Crippen molar-refractivity contribution < 1.29 is 0 Å². The summed E-state index contributed by atoms with van der Waals surface area (Å²) in [6.45, 7) is 10.0. The van der Waals surface area contributed by atoms with E-state index in [1.54, 1.807) is 0 Å². The zero-order valence-electron chi connectivity index (χ0n) is 12.4. The van der Waals surface area contributed by atoms with Crippen molar-refractivity contribution in [1.82, 2.24) is 15.5 Å². The standard InChI is InChI=1S/C14H29N3.2ClH/c1-14(6-8-16-11-14)12-17-9-4-13(5-10-17)3-7-15-2;;/h13,15-16H,3-12H2,1-2H3;2*1H. The van der Waals surface area contributed by atoms with E-state index in [2.05, 4.69) is 29.5 Å². The minimum absolute atomic E-state index is 0. The molecule has 0 aromatic carbocycles. The first kappa shape index (κ1) is 19.5. The largest absolute Gasteiger partial charge is 0.320 e. The van der Waals surface area contributed by atoms with Crippen molar-refractivity contribution in [3.63, 3.8) is 0 Å². The summed E-state index contributed by atoms with van der Waals surface area (Å²) in [6, 6.07) is 0. The molecular formula is C14H31Cl2N3. The highest BCUT2D eigenvalue weighted by Crippen LogP contribution is 2.28. The lowest BCUT2D eigenvalue weighted by Gasteiger charge is -2.37. The summed E-state index contributed by atoms with van der Waals surface area (Å²) < 4.78 is 0. The topological polar surface area (TPSA) is 27.3 Å². The van der Waals surface area contributed by atoms with Crippen molar-refractivity contribution in [2.75, 3.05) is 46.3 Å². The number of rotatable bonds is 5. The zero-order chi connectivity index (χ0) is 12.1. The Morgan fingerprint density at radius 3 is 2.47 bits per heavy atom. The molecule has 116 valence electrons. The Bertz CT molecular complexity index is 225. The fourth-order valence-electron chi connectivity index (χ4n) is 3.33. The second kappa shape index (κ2) is 9.41. The Labute approximate surface area is 131 Å². The van der Waals surface area contributed by atoms with Gasteiger partial charge in [0.15, 0.2) is 0 Å². The Hall–Kier alpha value is 0.460. The number of halogens is 2. The molecule has 0 aromatic heterocycles. The minimum Gasteiger partial charge on any atom is -0.320 e. The summed E-state index contributed by atoms with van der Waals surface area (Å²) >= 11 is 0. The van der Waals surface area contributed by atoms with Gasteiger partial charge >= 0.3 is 0 Å². The van der Waals surface area contributed by atoms with E-state index < -0.39 is 0 Å². The molecule has 2 fully saturated rings. The van der Waals surface area contributed by atoms with Gasteiger partial charge in [-0.25, -0.2) is 0 Å². The van der Waals surface area contributed by atoms with Gasteiger partial charge in [0.05, 0.1) is 0 Å². The first-order valence-electron chi connectivity index (χ1n) is 7.29. The molecule has 2 heterocycles. The molecule has 0 saturated carbocycles. The molecule has 2 N–H and O–H groups in total. The summed E-state index contributed by atoms with van der Waals surface area (Å²) in [5.41, 5.74) is 0.539. The Morgan fingerprint density at radius 1 is 1.26 bits per heavy atom. The summed E-state index contributed by atoms with van der Waals surface area (Å²) in [5.74, 6) is 0.966. The Balaban J connectivity index is 0.00000162. The smallest absolute Gasteiger partial charge is 0.00480 e. The van der Waals surface area contributed by atoms with Crippen molar-refractivity contribution in [1.29, 1.82) is 0 Å². The van der Waals surface area contributed by atoms with E-state index in [9.17, 15) is 0 Å². The molecule has 1 unspecified atom stereocenters. The van der Waals surface area contributed by atoms with Gasteiger partial charge in [-0.3, -0.25) is 0 Å². The maximum atomic E-state index is 3.50. The second-order valence-electron chi connectivity index (χ2n) is 6.35. The normalized spacial score (nSPS) is 28.7. The van der Waals surface area contributed by atoms with Gasteiger partial charge < -0.3 is 15.5 Å². The number of piperidine rings is 1. The lowest BCUT2D eigenvalue weighted by molar-refractivity contribution is 0.126. The molecule has 0 bridgehead atoms. The van der Waals surface area contributed by atoms with E-state index in [1.165, 1.54) is 65.0 Å². The third kappa shape index (κ3) is 6.17. The van der Waals surface area contributed by atoms with E-state index in [4.69, 9.17) is 0 Å². The molecule has 1 atom stereocenters. The van der Waals surface area contributed by atoms with Gasteiger partial charge in [-0.15, -0.1) is 24.8 Å². The SMILES string of the molecule is CNCCC1CCN(CC2(C)CCNC2)CC1.Cl.Cl. The first-order valence-corrected chi connectivity index (χ1v) is 7.29. The van der Waals surface area contributed by atoms with Crippen molar-refractivity contribution in [2.45, 2.75) is 32.6 Å². The summed E-state index contributed by atoms with van der Waals surface area (Å²) in [7, 11) is 2.06. The van der Waals surface area contributed by atoms with Gasteiger partial charge in [-0.2, -0.15) is 0 Å². The number of likely N-dealkylation sites (tertiary alicyclic amines) is 1. The van der Waals surface area contributed by atoms with Crippen LogP contribution in [0.4, 0.5) is 0 Å². The molecule has 3 nitrogen and oxygen atoms in total. The van der Waals surface area contributed by atoms with Gasteiger partial charge in [-0.1, -0.05) is 6.92 Å². The third-order valence-corrected chi connectivity index (χ3v) is 4.57. The quantitative estimate of drug-likeness (QED) is 0.814.